The molecule has 0 bridgehead atoms. The highest BCUT2D eigenvalue weighted by Gasteiger charge is 2.18. The lowest BCUT2D eigenvalue weighted by Gasteiger charge is -2.20. The highest BCUT2D eigenvalue weighted by Crippen LogP contribution is 2.16. The Morgan fingerprint density at radius 1 is 0.431 bits per heavy atom. The van der Waals surface area contributed by atoms with E-state index in [1.165, 1.54) is 186 Å². The Labute approximate surface area is 362 Å². The molecule has 0 aromatic heterocycles. The predicted octanol–water partition coefficient (Wildman–Crippen LogP) is 16.5. The van der Waals surface area contributed by atoms with Crippen LogP contribution in [0.15, 0.2) is 60.8 Å². The van der Waals surface area contributed by atoms with Gasteiger partial charge in [-0.2, -0.15) is 0 Å². The maximum atomic E-state index is 12.4. The van der Waals surface area contributed by atoms with Gasteiger partial charge in [0.05, 0.1) is 18.8 Å². The third kappa shape index (κ3) is 45.2. The molecule has 0 radical (unpaired) electrons. The van der Waals surface area contributed by atoms with Crippen LogP contribution in [0, 0.1) is 0 Å². The minimum absolute atomic E-state index is 0.0628. The minimum Gasteiger partial charge on any atom is -0.394 e. The fourth-order valence-electron chi connectivity index (χ4n) is 7.64. The van der Waals surface area contributed by atoms with E-state index in [-0.39, 0.29) is 12.5 Å². The van der Waals surface area contributed by atoms with Crippen LogP contribution >= 0.6 is 0 Å². The molecule has 3 N–H and O–H groups in total. The third-order valence-corrected chi connectivity index (χ3v) is 11.5. The van der Waals surface area contributed by atoms with Crippen LogP contribution in [-0.4, -0.2) is 34.9 Å². The summed E-state index contributed by atoms with van der Waals surface area (Å²) in [4.78, 5) is 12.4. The summed E-state index contributed by atoms with van der Waals surface area (Å²) >= 11 is 0. The van der Waals surface area contributed by atoms with Gasteiger partial charge in [0.15, 0.2) is 0 Å². The molecular weight excluding hydrogens is 711 g/mol. The van der Waals surface area contributed by atoms with E-state index in [0.717, 1.165) is 51.4 Å². The molecule has 0 aliphatic heterocycles. The molecule has 2 unspecified atom stereocenters. The Morgan fingerprint density at radius 2 is 0.759 bits per heavy atom. The van der Waals surface area contributed by atoms with Crippen molar-refractivity contribution in [3.8, 4) is 0 Å². The van der Waals surface area contributed by atoms with Crippen LogP contribution in [0.25, 0.3) is 0 Å². The maximum Gasteiger partial charge on any atom is 0.220 e. The normalized spacial score (nSPS) is 13.4. The zero-order chi connectivity index (χ0) is 42.1. The topological polar surface area (TPSA) is 69.6 Å². The van der Waals surface area contributed by atoms with Crippen LogP contribution in [0.4, 0.5) is 0 Å². The molecule has 0 aliphatic rings. The fourth-order valence-corrected chi connectivity index (χ4v) is 7.64. The van der Waals surface area contributed by atoms with Gasteiger partial charge in [0, 0.05) is 6.42 Å². The van der Waals surface area contributed by atoms with Gasteiger partial charge in [-0.15, -0.1) is 0 Å². The van der Waals surface area contributed by atoms with Crippen molar-refractivity contribution in [3.05, 3.63) is 60.8 Å². The van der Waals surface area contributed by atoms with Crippen molar-refractivity contribution in [2.75, 3.05) is 6.61 Å². The highest BCUT2D eigenvalue weighted by atomic mass is 16.3. The first-order chi connectivity index (χ1) is 28.7. The molecule has 0 aromatic rings. The highest BCUT2D eigenvalue weighted by molar-refractivity contribution is 5.76. The number of nitrogens with one attached hydrogen (secondary N) is 1. The van der Waals surface area contributed by atoms with Crippen molar-refractivity contribution in [2.24, 2.45) is 0 Å². The Bertz CT molecular complexity index is 965. The number of carbonyl (C=O) groups excluding carboxylic acids is 1. The standard InChI is InChI=1S/C54H99NO3/c1-3-5-7-9-11-13-15-17-19-20-21-22-23-24-25-26-27-28-29-30-31-32-33-34-36-38-40-42-44-46-48-50-54(58)55-52(51-56)53(57)49-47-45-43-41-39-37-35-18-16-14-12-10-8-6-4-2/h5,7,11,13,17,19,21-22,47,49,52-53,56-57H,3-4,6,8-10,12,14-16,18,20,23-46,48,50-51H2,1-2H3,(H,55,58)/b7-5-,13-11-,19-17-,22-21-,49-47+. The van der Waals surface area contributed by atoms with Gasteiger partial charge in [-0.05, 0) is 57.8 Å². The van der Waals surface area contributed by atoms with E-state index in [2.05, 4.69) is 67.8 Å². The first kappa shape index (κ1) is 56.1. The van der Waals surface area contributed by atoms with Crippen molar-refractivity contribution < 1.29 is 15.0 Å². The second-order valence-corrected chi connectivity index (χ2v) is 17.2. The lowest BCUT2D eigenvalue weighted by atomic mass is 10.0. The van der Waals surface area contributed by atoms with Gasteiger partial charge in [-0.1, -0.05) is 254 Å². The second-order valence-electron chi connectivity index (χ2n) is 17.2. The molecule has 2 atom stereocenters. The van der Waals surface area contributed by atoms with Crippen molar-refractivity contribution in [1.82, 2.24) is 5.32 Å². The summed E-state index contributed by atoms with van der Waals surface area (Å²) in [6.45, 7) is 4.21. The monoisotopic (exact) mass is 810 g/mol. The molecule has 338 valence electrons. The molecule has 0 spiro atoms. The lowest BCUT2D eigenvalue weighted by molar-refractivity contribution is -0.123. The maximum absolute atomic E-state index is 12.4. The van der Waals surface area contributed by atoms with Crippen LogP contribution in [-0.2, 0) is 4.79 Å². The van der Waals surface area contributed by atoms with Crippen LogP contribution in [0.3, 0.4) is 0 Å². The van der Waals surface area contributed by atoms with Gasteiger partial charge in [-0.25, -0.2) is 0 Å². The summed E-state index contributed by atoms with van der Waals surface area (Å²) in [5.74, 6) is -0.0628. The van der Waals surface area contributed by atoms with E-state index in [9.17, 15) is 15.0 Å². The molecule has 0 heterocycles. The molecule has 4 heteroatoms. The summed E-state index contributed by atoms with van der Waals surface area (Å²) in [7, 11) is 0. The largest absolute Gasteiger partial charge is 0.394 e. The van der Waals surface area contributed by atoms with E-state index in [1.54, 1.807) is 6.08 Å². The second kappa shape index (κ2) is 49.5. The molecule has 0 aromatic carbocycles. The number of hydrogen-bond acceptors (Lipinski definition) is 3. The van der Waals surface area contributed by atoms with E-state index in [4.69, 9.17) is 0 Å². The molecule has 4 nitrogen and oxygen atoms in total. The van der Waals surface area contributed by atoms with E-state index in [1.807, 2.05) is 6.08 Å². The van der Waals surface area contributed by atoms with Crippen molar-refractivity contribution in [2.45, 2.75) is 270 Å². The van der Waals surface area contributed by atoms with Crippen molar-refractivity contribution in [3.63, 3.8) is 0 Å². The van der Waals surface area contributed by atoms with Crippen molar-refractivity contribution in [1.29, 1.82) is 0 Å². The quantitative estimate of drug-likeness (QED) is 0.0424. The van der Waals surface area contributed by atoms with E-state index < -0.39 is 12.1 Å². The van der Waals surface area contributed by atoms with E-state index >= 15 is 0 Å². The zero-order valence-corrected chi connectivity index (χ0v) is 38.8. The number of unbranched alkanes of at least 4 members (excludes halogenated alkanes) is 31. The summed E-state index contributed by atoms with van der Waals surface area (Å²) in [5, 5.41) is 23.1. The molecule has 0 aliphatic carbocycles. The number of amides is 1. The van der Waals surface area contributed by atoms with Crippen LogP contribution in [0.5, 0.6) is 0 Å². The summed E-state index contributed by atoms with van der Waals surface area (Å²) in [5.41, 5.74) is 0. The molecule has 58 heavy (non-hydrogen) atoms. The Hall–Kier alpha value is -1.91. The Balaban J connectivity index is 3.48. The minimum atomic E-state index is -0.839. The molecule has 0 fully saturated rings. The van der Waals surface area contributed by atoms with Gasteiger partial charge in [0.1, 0.15) is 0 Å². The predicted molar refractivity (Wildman–Crippen MR) is 258 cm³/mol. The number of carbonyl (C=O) groups is 1. The van der Waals surface area contributed by atoms with Gasteiger partial charge in [-0.3, -0.25) is 4.79 Å². The van der Waals surface area contributed by atoms with Crippen LogP contribution in [0.1, 0.15) is 258 Å². The number of rotatable bonds is 46. The average molecular weight is 810 g/mol. The fraction of sp³-hybridized carbons (Fsp3) is 0.796. The van der Waals surface area contributed by atoms with Gasteiger partial charge in [0.2, 0.25) is 5.91 Å². The van der Waals surface area contributed by atoms with Gasteiger partial charge < -0.3 is 15.5 Å². The van der Waals surface area contributed by atoms with E-state index in [0.29, 0.717) is 6.42 Å². The van der Waals surface area contributed by atoms with Gasteiger partial charge >= 0.3 is 0 Å². The number of hydrogen-bond donors (Lipinski definition) is 3. The first-order valence-corrected chi connectivity index (χ1v) is 25.5. The van der Waals surface area contributed by atoms with Gasteiger partial charge in [0.25, 0.3) is 0 Å². The molecule has 1 amide bonds. The SMILES string of the molecule is CC/C=C\C/C=C\C/C=C\C/C=C\CCCCCCCCCCCCCCCCCCCCC(=O)NC(CO)C(O)/C=C/CCCCCCCCCCCCCCC. The Kier molecular flexibility index (Phi) is 47.8. The first-order valence-electron chi connectivity index (χ1n) is 25.5. The zero-order valence-electron chi connectivity index (χ0n) is 38.8. The van der Waals surface area contributed by atoms with Crippen LogP contribution in [0.2, 0.25) is 0 Å². The third-order valence-electron chi connectivity index (χ3n) is 11.5. The summed E-state index contributed by atoms with van der Waals surface area (Å²) < 4.78 is 0. The average Bonchev–Trinajstić information content (AvgIpc) is 3.23. The summed E-state index contributed by atoms with van der Waals surface area (Å²) in [6.07, 6.45) is 69.3. The molecule has 0 saturated carbocycles. The lowest BCUT2D eigenvalue weighted by Crippen LogP contribution is -2.45. The Morgan fingerprint density at radius 3 is 1.14 bits per heavy atom. The molecule has 0 saturated heterocycles. The summed E-state index contributed by atoms with van der Waals surface area (Å²) in [6, 6.07) is -0.622. The van der Waals surface area contributed by atoms with Crippen LogP contribution < -0.4 is 5.32 Å². The van der Waals surface area contributed by atoms with Crippen molar-refractivity contribution >= 4 is 5.91 Å². The number of aliphatic hydroxyl groups is 2. The smallest absolute Gasteiger partial charge is 0.220 e. The molecular formula is C54H99NO3. The number of allylic oxidation sites excluding steroid dienone is 9. The molecule has 0 rings (SSSR count). The number of aliphatic hydroxyl groups excluding tert-OH is 2.